The van der Waals surface area contributed by atoms with Crippen molar-refractivity contribution in [3.05, 3.63) is 71.5 Å². The van der Waals surface area contributed by atoms with E-state index in [1.54, 1.807) is 29.2 Å². The minimum atomic E-state index is -0.120. The molecule has 4 rings (SSSR count). The van der Waals surface area contributed by atoms with Crippen LogP contribution in [0.4, 0.5) is 5.69 Å². The molecule has 0 spiro atoms. The van der Waals surface area contributed by atoms with E-state index in [2.05, 4.69) is 32.2 Å². The summed E-state index contributed by atoms with van der Waals surface area (Å²) in [5, 5.41) is 12.4. The Bertz CT molecular complexity index is 1090. The van der Waals surface area contributed by atoms with E-state index in [0.29, 0.717) is 36.8 Å². The van der Waals surface area contributed by atoms with Crippen molar-refractivity contribution in [2.45, 2.75) is 44.3 Å². The Morgan fingerprint density at radius 2 is 1.73 bits per heavy atom. The van der Waals surface area contributed by atoms with Crippen LogP contribution in [-0.4, -0.2) is 50.3 Å². The molecule has 1 aliphatic rings. The molecule has 8 heteroatoms. The first-order chi connectivity index (χ1) is 16.1. The number of aromatic nitrogens is 3. The summed E-state index contributed by atoms with van der Waals surface area (Å²) in [5.74, 6) is 1.59. The topological polar surface area (TPSA) is 80.1 Å². The Morgan fingerprint density at radius 1 is 1.03 bits per heavy atom. The third-order valence-electron chi connectivity index (χ3n) is 5.67. The van der Waals surface area contributed by atoms with Crippen LogP contribution in [0.2, 0.25) is 0 Å². The van der Waals surface area contributed by atoms with Gasteiger partial charge in [0.2, 0.25) is 5.91 Å². The van der Waals surface area contributed by atoms with Crippen LogP contribution in [0.5, 0.6) is 0 Å². The average molecular weight is 464 g/mol. The fourth-order valence-corrected chi connectivity index (χ4v) is 4.43. The number of benzene rings is 2. The van der Waals surface area contributed by atoms with Gasteiger partial charge >= 0.3 is 0 Å². The molecule has 0 aliphatic heterocycles. The summed E-state index contributed by atoms with van der Waals surface area (Å²) in [7, 11) is 0. The molecule has 33 heavy (non-hydrogen) atoms. The van der Waals surface area contributed by atoms with Gasteiger partial charge in [0, 0.05) is 30.3 Å². The summed E-state index contributed by atoms with van der Waals surface area (Å²) in [5.41, 5.74) is 2.47. The van der Waals surface area contributed by atoms with Gasteiger partial charge in [-0.2, -0.15) is 0 Å². The quantitative estimate of drug-likeness (QED) is 0.450. The van der Waals surface area contributed by atoms with Gasteiger partial charge in [0.05, 0.1) is 12.3 Å². The lowest BCUT2D eigenvalue weighted by Gasteiger charge is -2.18. The molecule has 1 heterocycles. The minimum Gasteiger partial charge on any atom is -0.339 e. The fraction of sp³-hybridized carbons (Fsp3) is 0.360. The first-order valence-corrected chi connectivity index (χ1v) is 12.4. The van der Waals surface area contributed by atoms with E-state index in [-0.39, 0.29) is 17.6 Å². The zero-order valence-corrected chi connectivity index (χ0v) is 19.8. The molecule has 0 atom stereocenters. The summed E-state index contributed by atoms with van der Waals surface area (Å²) in [4.78, 5) is 26.8. The van der Waals surface area contributed by atoms with Crippen molar-refractivity contribution in [2.24, 2.45) is 0 Å². The van der Waals surface area contributed by atoms with Gasteiger partial charge in [0.15, 0.2) is 5.16 Å². The second kappa shape index (κ2) is 10.7. The monoisotopic (exact) mass is 463 g/mol. The third kappa shape index (κ3) is 5.82. The third-order valence-corrected chi connectivity index (χ3v) is 6.64. The number of nitrogens with zero attached hydrogens (tertiary/aromatic N) is 4. The van der Waals surface area contributed by atoms with Gasteiger partial charge in [0.25, 0.3) is 5.91 Å². The molecule has 1 aromatic heterocycles. The lowest BCUT2D eigenvalue weighted by molar-refractivity contribution is -0.113. The van der Waals surface area contributed by atoms with E-state index < -0.39 is 0 Å². The van der Waals surface area contributed by atoms with Gasteiger partial charge in [-0.15, -0.1) is 10.2 Å². The van der Waals surface area contributed by atoms with Crippen molar-refractivity contribution in [3.63, 3.8) is 0 Å². The highest BCUT2D eigenvalue weighted by atomic mass is 32.2. The van der Waals surface area contributed by atoms with Gasteiger partial charge in [0.1, 0.15) is 5.82 Å². The molecular formula is C25H29N5O2S. The van der Waals surface area contributed by atoms with E-state index in [0.717, 1.165) is 23.8 Å². The van der Waals surface area contributed by atoms with Gasteiger partial charge in [-0.25, -0.2) is 0 Å². The molecule has 2 amide bonds. The highest BCUT2D eigenvalue weighted by Gasteiger charge is 2.30. The molecule has 1 aliphatic carbocycles. The number of carbonyl (C=O) groups is 2. The van der Waals surface area contributed by atoms with Crippen molar-refractivity contribution >= 4 is 29.3 Å². The highest BCUT2D eigenvalue weighted by Crippen LogP contribution is 2.40. The Hall–Kier alpha value is -3.13. The lowest BCUT2D eigenvalue weighted by Crippen LogP contribution is -2.30. The van der Waals surface area contributed by atoms with Gasteiger partial charge in [-0.3, -0.25) is 9.59 Å². The number of carbonyl (C=O) groups excluding carboxylic acids is 2. The maximum absolute atomic E-state index is 12.6. The van der Waals surface area contributed by atoms with Crippen molar-refractivity contribution in [2.75, 3.05) is 24.2 Å². The zero-order chi connectivity index (χ0) is 23.2. The van der Waals surface area contributed by atoms with Crippen LogP contribution in [0.1, 0.15) is 54.4 Å². The number of thioether (sulfide) groups is 1. The first kappa shape index (κ1) is 23.0. The van der Waals surface area contributed by atoms with E-state index in [4.69, 9.17) is 0 Å². The van der Waals surface area contributed by atoms with Gasteiger partial charge in [-0.1, -0.05) is 42.1 Å². The smallest absolute Gasteiger partial charge is 0.253 e. The number of anilines is 1. The summed E-state index contributed by atoms with van der Waals surface area (Å²) in [6.45, 7) is 5.96. The maximum atomic E-state index is 12.6. The molecule has 1 saturated carbocycles. The summed E-state index contributed by atoms with van der Waals surface area (Å²) < 4.78 is 2.14. The lowest BCUT2D eigenvalue weighted by atomic mass is 10.2. The van der Waals surface area contributed by atoms with Crippen LogP contribution in [0, 0.1) is 0 Å². The predicted molar refractivity (Wildman–Crippen MR) is 131 cm³/mol. The standard InChI is InChI=1S/C25H29N5O2S/c1-3-29(4-2)24(32)20-12-14-21(15-13-20)26-22(31)17-33-25-28-27-23(19-10-11-19)30(25)16-18-8-6-5-7-9-18/h5-9,12-15,19H,3-4,10-11,16-17H2,1-2H3,(H,26,31). The van der Waals surface area contributed by atoms with E-state index in [9.17, 15) is 9.59 Å². The van der Waals surface area contributed by atoms with Crippen LogP contribution >= 0.6 is 11.8 Å². The van der Waals surface area contributed by atoms with Crippen molar-refractivity contribution in [3.8, 4) is 0 Å². The van der Waals surface area contributed by atoms with E-state index in [1.807, 2.05) is 32.0 Å². The van der Waals surface area contributed by atoms with E-state index >= 15 is 0 Å². The highest BCUT2D eigenvalue weighted by molar-refractivity contribution is 7.99. The molecule has 3 aromatic rings. The number of hydrogen-bond donors (Lipinski definition) is 1. The average Bonchev–Trinajstić information content (AvgIpc) is 3.61. The SMILES string of the molecule is CCN(CC)C(=O)c1ccc(NC(=O)CSc2nnc(C3CC3)n2Cc2ccccc2)cc1. The van der Waals surface area contributed by atoms with Gasteiger partial charge in [-0.05, 0) is 56.5 Å². The summed E-state index contributed by atoms with van der Waals surface area (Å²) in [6.07, 6.45) is 2.29. The first-order valence-electron chi connectivity index (χ1n) is 11.4. The molecule has 7 nitrogen and oxygen atoms in total. The van der Waals surface area contributed by atoms with Crippen LogP contribution in [0.3, 0.4) is 0 Å². The van der Waals surface area contributed by atoms with E-state index in [1.165, 1.54) is 17.3 Å². The molecule has 1 N–H and O–H groups in total. The molecule has 0 radical (unpaired) electrons. The maximum Gasteiger partial charge on any atom is 0.253 e. The van der Waals surface area contributed by atoms with Crippen LogP contribution < -0.4 is 5.32 Å². The molecule has 2 aromatic carbocycles. The minimum absolute atomic E-state index is 0.00217. The van der Waals surface area contributed by atoms with Crippen LogP contribution in [-0.2, 0) is 11.3 Å². The van der Waals surface area contributed by atoms with Crippen LogP contribution in [0.25, 0.3) is 0 Å². The van der Waals surface area contributed by atoms with Crippen molar-refractivity contribution in [1.82, 2.24) is 19.7 Å². The van der Waals surface area contributed by atoms with Gasteiger partial charge < -0.3 is 14.8 Å². The normalized spacial score (nSPS) is 13.0. The molecular weight excluding hydrogens is 434 g/mol. The predicted octanol–water partition coefficient (Wildman–Crippen LogP) is 4.42. The van der Waals surface area contributed by atoms with Crippen LogP contribution in [0.15, 0.2) is 59.8 Å². The zero-order valence-electron chi connectivity index (χ0n) is 19.0. The molecule has 1 fully saturated rings. The fourth-order valence-electron chi connectivity index (χ4n) is 3.68. The molecule has 0 saturated heterocycles. The summed E-state index contributed by atoms with van der Waals surface area (Å²) in [6, 6.07) is 17.3. The Kier molecular flexibility index (Phi) is 7.44. The molecule has 0 bridgehead atoms. The number of amides is 2. The number of nitrogens with one attached hydrogen (secondary N) is 1. The molecule has 172 valence electrons. The second-order valence-electron chi connectivity index (χ2n) is 8.08. The molecule has 0 unspecified atom stereocenters. The Balaban J connectivity index is 1.37. The van der Waals surface area contributed by atoms with Crippen molar-refractivity contribution < 1.29 is 9.59 Å². The largest absolute Gasteiger partial charge is 0.339 e. The van der Waals surface area contributed by atoms with Crippen molar-refractivity contribution in [1.29, 1.82) is 0 Å². The second-order valence-corrected chi connectivity index (χ2v) is 9.02. The Labute approximate surface area is 198 Å². The number of rotatable bonds is 10. The summed E-state index contributed by atoms with van der Waals surface area (Å²) >= 11 is 1.39. The Morgan fingerprint density at radius 3 is 2.36 bits per heavy atom. The number of hydrogen-bond acceptors (Lipinski definition) is 5.